The molecule has 1 fully saturated rings. The smallest absolute Gasteiger partial charge is 0.254 e. The molecule has 1 aromatic carbocycles. The fourth-order valence-corrected chi connectivity index (χ4v) is 3.04. The van der Waals surface area contributed by atoms with E-state index >= 15 is 0 Å². The molecule has 1 saturated heterocycles. The summed E-state index contributed by atoms with van der Waals surface area (Å²) in [4.78, 5) is 15.1. The topological polar surface area (TPSA) is 32.3 Å². The highest BCUT2D eigenvalue weighted by molar-refractivity contribution is 5.96. The van der Waals surface area contributed by atoms with Gasteiger partial charge in [-0.25, -0.2) is 0 Å². The van der Waals surface area contributed by atoms with Crippen LogP contribution in [-0.2, 0) is 0 Å². The van der Waals surface area contributed by atoms with Gasteiger partial charge < -0.3 is 10.2 Å². The molecule has 0 aliphatic carbocycles. The van der Waals surface area contributed by atoms with Crippen molar-refractivity contribution in [3.63, 3.8) is 0 Å². The van der Waals surface area contributed by atoms with E-state index in [1.54, 1.807) is 0 Å². The van der Waals surface area contributed by atoms with E-state index in [1.807, 2.05) is 31.2 Å². The first-order valence-electron chi connectivity index (χ1n) is 8.01. The van der Waals surface area contributed by atoms with E-state index < -0.39 is 0 Å². The average molecular weight is 288 g/mol. The molecule has 1 aliphatic heterocycles. The summed E-state index contributed by atoms with van der Waals surface area (Å²) in [6.45, 7) is 12.5. The molecule has 0 aromatic heterocycles. The van der Waals surface area contributed by atoms with Crippen LogP contribution in [0.25, 0.3) is 0 Å². The zero-order chi connectivity index (χ0) is 15.6. The molecule has 0 saturated carbocycles. The van der Waals surface area contributed by atoms with Gasteiger partial charge in [0.1, 0.15) is 0 Å². The van der Waals surface area contributed by atoms with Crippen LogP contribution in [0.2, 0.25) is 0 Å². The molecule has 0 bridgehead atoms. The van der Waals surface area contributed by atoms with E-state index in [2.05, 4.69) is 37.9 Å². The molecular weight excluding hydrogens is 260 g/mol. The van der Waals surface area contributed by atoms with Crippen LogP contribution in [-0.4, -0.2) is 36.0 Å². The first-order valence-corrected chi connectivity index (χ1v) is 8.01. The molecule has 1 heterocycles. The predicted molar refractivity (Wildman–Crippen MR) is 87.5 cm³/mol. The maximum Gasteiger partial charge on any atom is 0.254 e. The zero-order valence-corrected chi connectivity index (χ0v) is 13.9. The van der Waals surface area contributed by atoms with Gasteiger partial charge in [0.2, 0.25) is 0 Å². The molecule has 2 rings (SSSR count). The Kier molecular flexibility index (Phi) is 5.04. The Morgan fingerprint density at radius 1 is 1.19 bits per heavy atom. The summed E-state index contributed by atoms with van der Waals surface area (Å²) < 4.78 is 0. The Bertz CT molecular complexity index is 496. The molecule has 3 nitrogen and oxygen atoms in total. The number of amides is 1. The van der Waals surface area contributed by atoms with Crippen molar-refractivity contribution in [2.75, 3.05) is 13.1 Å². The molecule has 0 spiro atoms. The third kappa shape index (κ3) is 3.46. The molecule has 1 amide bonds. The molecule has 1 aliphatic rings. The van der Waals surface area contributed by atoms with Gasteiger partial charge in [0.25, 0.3) is 5.91 Å². The van der Waals surface area contributed by atoms with Crippen molar-refractivity contribution in [2.24, 2.45) is 11.8 Å². The van der Waals surface area contributed by atoms with E-state index in [0.29, 0.717) is 17.9 Å². The van der Waals surface area contributed by atoms with Crippen molar-refractivity contribution in [1.82, 2.24) is 10.2 Å². The minimum atomic E-state index is 0.180. The summed E-state index contributed by atoms with van der Waals surface area (Å²) in [6, 6.07) is 8.55. The van der Waals surface area contributed by atoms with Crippen molar-refractivity contribution in [3.8, 4) is 0 Å². The van der Waals surface area contributed by atoms with Crippen LogP contribution < -0.4 is 5.32 Å². The van der Waals surface area contributed by atoms with Crippen LogP contribution in [0.4, 0.5) is 0 Å². The number of piperazine rings is 1. The highest BCUT2D eigenvalue weighted by Crippen LogP contribution is 2.22. The summed E-state index contributed by atoms with van der Waals surface area (Å²) in [5, 5.41) is 3.61. The number of rotatable bonds is 3. The number of nitrogens with one attached hydrogen (secondary N) is 1. The Morgan fingerprint density at radius 3 is 2.43 bits per heavy atom. The SMILES string of the molecule is Cc1ccccc1C(=O)N1CC(C(C)C)NCC1C(C)C. The molecule has 2 atom stereocenters. The first-order chi connectivity index (χ1) is 9.91. The molecule has 116 valence electrons. The lowest BCUT2D eigenvalue weighted by atomic mass is 9.93. The third-order valence-electron chi connectivity index (χ3n) is 4.59. The van der Waals surface area contributed by atoms with E-state index in [4.69, 9.17) is 0 Å². The largest absolute Gasteiger partial charge is 0.333 e. The van der Waals surface area contributed by atoms with Gasteiger partial charge in [-0.05, 0) is 30.4 Å². The first kappa shape index (κ1) is 16.0. The van der Waals surface area contributed by atoms with Gasteiger partial charge in [0.05, 0.1) is 0 Å². The lowest BCUT2D eigenvalue weighted by molar-refractivity contribution is 0.0474. The van der Waals surface area contributed by atoms with Crippen LogP contribution in [0.1, 0.15) is 43.6 Å². The Morgan fingerprint density at radius 2 is 1.86 bits per heavy atom. The fourth-order valence-electron chi connectivity index (χ4n) is 3.04. The van der Waals surface area contributed by atoms with Gasteiger partial charge >= 0.3 is 0 Å². The Hall–Kier alpha value is -1.35. The zero-order valence-electron chi connectivity index (χ0n) is 13.9. The monoisotopic (exact) mass is 288 g/mol. The van der Waals surface area contributed by atoms with E-state index in [0.717, 1.165) is 24.2 Å². The van der Waals surface area contributed by atoms with Crippen LogP contribution in [0.15, 0.2) is 24.3 Å². The summed E-state index contributed by atoms with van der Waals surface area (Å²) in [7, 11) is 0. The molecule has 21 heavy (non-hydrogen) atoms. The van der Waals surface area contributed by atoms with E-state index in [-0.39, 0.29) is 11.9 Å². The molecule has 2 unspecified atom stereocenters. The molecule has 3 heteroatoms. The fraction of sp³-hybridized carbons (Fsp3) is 0.611. The van der Waals surface area contributed by atoms with Crippen LogP contribution in [0.3, 0.4) is 0 Å². The summed E-state index contributed by atoms with van der Waals surface area (Å²) >= 11 is 0. The molecule has 1 N–H and O–H groups in total. The number of aryl methyl sites for hydroxylation is 1. The van der Waals surface area contributed by atoms with Crippen molar-refractivity contribution < 1.29 is 4.79 Å². The van der Waals surface area contributed by atoms with Crippen LogP contribution in [0, 0.1) is 18.8 Å². The number of carbonyl (C=O) groups excluding carboxylic acids is 1. The summed E-state index contributed by atoms with van der Waals surface area (Å²) in [5.41, 5.74) is 1.90. The van der Waals surface area contributed by atoms with Gasteiger partial charge in [-0.1, -0.05) is 45.9 Å². The van der Waals surface area contributed by atoms with Gasteiger partial charge in [0.15, 0.2) is 0 Å². The Balaban J connectivity index is 2.27. The number of nitrogens with zero attached hydrogens (tertiary/aromatic N) is 1. The molecular formula is C18H28N2O. The van der Waals surface area contributed by atoms with Gasteiger partial charge in [-0.15, -0.1) is 0 Å². The number of carbonyl (C=O) groups is 1. The quantitative estimate of drug-likeness (QED) is 0.927. The normalized spacial score (nSPS) is 22.9. The van der Waals surface area contributed by atoms with Gasteiger partial charge in [-0.2, -0.15) is 0 Å². The second-order valence-electron chi connectivity index (χ2n) is 6.84. The average Bonchev–Trinajstić information content (AvgIpc) is 2.46. The van der Waals surface area contributed by atoms with E-state index in [9.17, 15) is 4.79 Å². The highest BCUT2D eigenvalue weighted by atomic mass is 16.2. The summed E-state index contributed by atoms with van der Waals surface area (Å²) in [5.74, 6) is 1.17. The second-order valence-corrected chi connectivity index (χ2v) is 6.84. The number of hydrogen-bond acceptors (Lipinski definition) is 2. The minimum Gasteiger partial charge on any atom is -0.333 e. The van der Waals surface area contributed by atoms with Crippen LogP contribution >= 0.6 is 0 Å². The van der Waals surface area contributed by atoms with Crippen LogP contribution in [0.5, 0.6) is 0 Å². The maximum absolute atomic E-state index is 13.0. The minimum absolute atomic E-state index is 0.180. The lowest BCUT2D eigenvalue weighted by Gasteiger charge is -2.44. The molecule has 0 radical (unpaired) electrons. The standard InChI is InChI=1S/C18H28N2O/c1-12(2)16-11-20(17(10-19-16)13(3)4)18(21)15-9-7-6-8-14(15)5/h6-9,12-13,16-17,19H,10-11H2,1-5H3. The third-order valence-corrected chi connectivity index (χ3v) is 4.59. The van der Waals surface area contributed by atoms with Gasteiger partial charge in [0, 0.05) is 30.7 Å². The van der Waals surface area contributed by atoms with Crippen molar-refractivity contribution in [1.29, 1.82) is 0 Å². The maximum atomic E-state index is 13.0. The predicted octanol–water partition coefficient (Wildman–Crippen LogP) is 3.09. The Labute approximate surface area is 128 Å². The van der Waals surface area contributed by atoms with Crippen molar-refractivity contribution in [2.45, 2.75) is 46.7 Å². The number of benzene rings is 1. The number of hydrogen-bond donors (Lipinski definition) is 1. The van der Waals surface area contributed by atoms with E-state index in [1.165, 1.54) is 0 Å². The van der Waals surface area contributed by atoms with Crippen molar-refractivity contribution >= 4 is 5.91 Å². The second kappa shape index (κ2) is 6.61. The van der Waals surface area contributed by atoms with Crippen molar-refractivity contribution in [3.05, 3.63) is 35.4 Å². The summed E-state index contributed by atoms with van der Waals surface area (Å²) in [6.07, 6.45) is 0. The molecule has 1 aromatic rings. The highest BCUT2D eigenvalue weighted by Gasteiger charge is 2.34. The van der Waals surface area contributed by atoms with Gasteiger partial charge in [-0.3, -0.25) is 4.79 Å². The lowest BCUT2D eigenvalue weighted by Crippen LogP contribution is -2.61.